The van der Waals surface area contributed by atoms with E-state index in [1.165, 1.54) is 0 Å². The summed E-state index contributed by atoms with van der Waals surface area (Å²) in [5.41, 5.74) is 0. The van der Waals surface area contributed by atoms with Crippen molar-refractivity contribution in [3.05, 3.63) is 18.2 Å². The zero-order valence-corrected chi connectivity index (χ0v) is 6.29. The van der Waals surface area contributed by atoms with Gasteiger partial charge in [-0.3, -0.25) is 4.79 Å². The van der Waals surface area contributed by atoms with Crippen LogP contribution in [0.15, 0.2) is 12.4 Å². The highest BCUT2D eigenvalue weighted by Crippen LogP contribution is 1.87. The van der Waals surface area contributed by atoms with Crippen molar-refractivity contribution in [2.24, 2.45) is 0 Å². The van der Waals surface area contributed by atoms with Crippen LogP contribution in [0.4, 0.5) is 0 Å². The molecule has 11 heavy (non-hydrogen) atoms. The number of H-pyrrole nitrogens is 1. The average Bonchev–Trinajstić information content (AvgIpc) is 2.52. The third kappa shape index (κ3) is 2.51. The number of carbonyl (C=O) groups excluding carboxylic acids is 1. The Balaban J connectivity index is 2.28. The minimum atomic E-state index is -0.236. The first-order chi connectivity index (χ1) is 5.33. The molecule has 0 amide bonds. The van der Waals surface area contributed by atoms with Crippen molar-refractivity contribution in [3.8, 4) is 0 Å². The lowest BCUT2D eigenvalue weighted by atomic mass is 10.4. The molecular formula is C7H10N3O. The van der Waals surface area contributed by atoms with Crippen molar-refractivity contribution < 1.29 is 4.79 Å². The van der Waals surface area contributed by atoms with Gasteiger partial charge in [0.05, 0.1) is 12.6 Å². The Morgan fingerprint density at radius 3 is 3.27 bits per heavy atom. The van der Waals surface area contributed by atoms with E-state index in [1.54, 1.807) is 19.3 Å². The molecule has 59 valence electrons. The van der Waals surface area contributed by atoms with Gasteiger partial charge in [-0.25, -0.2) is 4.98 Å². The van der Waals surface area contributed by atoms with E-state index in [4.69, 9.17) is 0 Å². The molecule has 4 nitrogen and oxygen atoms in total. The fourth-order valence-electron chi connectivity index (χ4n) is 0.686. The minimum Gasteiger partial charge on any atom is -0.348 e. The summed E-state index contributed by atoms with van der Waals surface area (Å²) in [4.78, 5) is 16.9. The molecule has 0 bridgehead atoms. The quantitative estimate of drug-likeness (QED) is 0.638. The van der Waals surface area contributed by atoms with Crippen LogP contribution in [0.2, 0.25) is 0 Å². The van der Waals surface area contributed by atoms with Gasteiger partial charge in [-0.2, -0.15) is 0 Å². The third-order valence-electron chi connectivity index (χ3n) is 1.31. The van der Waals surface area contributed by atoms with Gasteiger partial charge in [-0.05, 0) is 6.92 Å². The molecular weight excluding hydrogens is 142 g/mol. The smallest absolute Gasteiger partial charge is 0.216 e. The van der Waals surface area contributed by atoms with Gasteiger partial charge < -0.3 is 10.3 Å². The Morgan fingerprint density at radius 1 is 1.91 bits per heavy atom. The summed E-state index contributed by atoms with van der Waals surface area (Å²) in [6.45, 7) is 2.32. The Morgan fingerprint density at radius 2 is 2.73 bits per heavy atom. The van der Waals surface area contributed by atoms with Crippen molar-refractivity contribution in [2.75, 3.05) is 0 Å². The molecule has 1 aromatic heterocycles. The Kier molecular flexibility index (Phi) is 2.80. The van der Waals surface area contributed by atoms with Crippen LogP contribution in [-0.4, -0.2) is 22.3 Å². The maximum atomic E-state index is 10.0. The molecule has 0 aromatic carbocycles. The van der Waals surface area contributed by atoms with Crippen molar-refractivity contribution in [2.45, 2.75) is 19.5 Å². The van der Waals surface area contributed by atoms with Crippen LogP contribution in [0.1, 0.15) is 12.7 Å². The first kappa shape index (κ1) is 7.94. The average molecular weight is 152 g/mol. The SMILES string of the molecule is CC([C]=O)NCc1ncc[nH]1. The standard InChI is InChI=1S/C7H10N3O/c1-6(5-11)10-4-7-8-2-3-9-7/h2-3,6,10H,4H2,1H3,(H,8,9). The molecule has 0 aliphatic rings. The fourth-order valence-corrected chi connectivity index (χ4v) is 0.686. The molecule has 1 atom stereocenters. The number of aromatic nitrogens is 2. The van der Waals surface area contributed by atoms with Crippen molar-refractivity contribution in [1.29, 1.82) is 0 Å². The number of nitrogens with zero attached hydrogens (tertiary/aromatic N) is 1. The van der Waals surface area contributed by atoms with Crippen LogP contribution in [0.25, 0.3) is 0 Å². The summed E-state index contributed by atoms with van der Waals surface area (Å²) in [6.07, 6.45) is 5.24. The van der Waals surface area contributed by atoms with Gasteiger partial charge in [0.15, 0.2) is 0 Å². The van der Waals surface area contributed by atoms with Gasteiger partial charge in [0.2, 0.25) is 6.29 Å². The highest BCUT2D eigenvalue weighted by Gasteiger charge is 1.99. The van der Waals surface area contributed by atoms with Gasteiger partial charge in [0.25, 0.3) is 0 Å². The number of hydrogen-bond donors (Lipinski definition) is 2. The molecule has 0 spiro atoms. The maximum absolute atomic E-state index is 10.0. The summed E-state index contributed by atoms with van der Waals surface area (Å²) in [5.74, 6) is 0.826. The molecule has 1 radical (unpaired) electrons. The monoisotopic (exact) mass is 152 g/mol. The molecule has 0 aliphatic heterocycles. The van der Waals surface area contributed by atoms with Crippen LogP contribution < -0.4 is 5.32 Å². The highest BCUT2D eigenvalue weighted by atomic mass is 16.1. The van der Waals surface area contributed by atoms with Gasteiger partial charge in [0, 0.05) is 12.4 Å². The number of imidazole rings is 1. The molecule has 1 aromatic rings. The normalized spacial score (nSPS) is 12.8. The van der Waals surface area contributed by atoms with Crippen LogP contribution in [0, 0.1) is 0 Å². The van der Waals surface area contributed by atoms with Gasteiger partial charge in [-0.15, -0.1) is 0 Å². The van der Waals surface area contributed by atoms with Gasteiger partial charge >= 0.3 is 0 Å². The Bertz CT molecular complexity index is 207. The second-order valence-electron chi connectivity index (χ2n) is 2.26. The van der Waals surface area contributed by atoms with Crippen LogP contribution >= 0.6 is 0 Å². The lowest BCUT2D eigenvalue weighted by molar-refractivity contribution is 0.522. The van der Waals surface area contributed by atoms with Crippen LogP contribution in [0.3, 0.4) is 0 Å². The number of hydrogen-bond acceptors (Lipinski definition) is 3. The summed E-state index contributed by atoms with van der Waals surface area (Å²) in [7, 11) is 0. The summed E-state index contributed by atoms with van der Waals surface area (Å²) < 4.78 is 0. The Hall–Kier alpha value is -1.16. The largest absolute Gasteiger partial charge is 0.348 e. The predicted octanol–water partition coefficient (Wildman–Crippen LogP) is -0.00250. The molecule has 2 N–H and O–H groups in total. The van der Waals surface area contributed by atoms with E-state index in [-0.39, 0.29) is 6.04 Å². The van der Waals surface area contributed by atoms with E-state index in [0.717, 1.165) is 5.82 Å². The van der Waals surface area contributed by atoms with Gasteiger partial charge in [0.1, 0.15) is 5.82 Å². The Labute approximate surface area is 65.0 Å². The van der Waals surface area contributed by atoms with Crippen LogP contribution in [0.5, 0.6) is 0 Å². The lowest BCUT2D eigenvalue weighted by Crippen LogP contribution is -2.26. The first-order valence-corrected chi connectivity index (χ1v) is 3.42. The topological polar surface area (TPSA) is 57.8 Å². The summed E-state index contributed by atoms with van der Waals surface area (Å²) in [5, 5.41) is 2.92. The predicted molar refractivity (Wildman–Crippen MR) is 40.6 cm³/mol. The van der Waals surface area contributed by atoms with Gasteiger partial charge in [-0.1, -0.05) is 0 Å². The highest BCUT2D eigenvalue weighted by molar-refractivity contribution is 5.57. The van der Waals surface area contributed by atoms with Crippen molar-refractivity contribution in [3.63, 3.8) is 0 Å². The summed E-state index contributed by atoms with van der Waals surface area (Å²) in [6, 6.07) is -0.236. The van der Waals surface area contributed by atoms with E-state index in [9.17, 15) is 4.79 Å². The molecule has 0 saturated carbocycles. The van der Waals surface area contributed by atoms with E-state index >= 15 is 0 Å². The second kappa shape index (κ2) is 3.88. The molecule has 1 heterocycles. The molecule has 4 heteroatoms. The third-order valence-corrected chi connectivity index (χ3v) is 1.31. The maximum Gasteiger partial charge on any atom is 0.216 e. The van der Waals surface area contributed by atoms with E-state index < -0.39 is 0 Å². The lowest BCUT2D eigenvalue weighted by Gasteiger charge is -2.02. The minimum absolute atomic E-state index is 0.236. The van der Waals surface area contributed by atoms with Crippen molar-refractivity contribution >= 4 is 6.29 Å². The second-order valence-corrected chi connectivity index (χ2v) is 2.26. The molecule has 0 saturated heterocycles. The number of rotatable bonds is 4. The number of nitrogens with one attached hydrogen (secondary N) is 2. The molecule has 1 rings (SSSR count). The van der Waals surface area contributed by atoms with E-state index in [1.807, 2.05) is 6.29 Å². The molecule has 0 aliphatic carbocycles. The first-order valence-electron chi connectivity index (χ1n) is 3.42. The van der Waals surface area contributed by atoms with E-state index in [2.05, 4.69) is 15.3 Å². The van der Waals surface area contributed by atoms with E-state index in [0.29, 0.717) is 6.54 Å². The zero-order chi connectivity index (χ0) is 8.10. The van der Waals surface area contributed by atoms with Crippen molar-refractivity contribution in [1.82, 2.24) is 15.3 Å². The summed E-state index contributed by atoms with van der Waals surface area (Å²) >= 11 is 0. The fraction of sp³-hybridized carbons (Fsp3) is 0.429. The molecule has 1 unspecified atom stereocenters. The zero-order valence-electron chi connectivity index (χ0n) is 6.29. The molecule has 0 fully saturated rings. The number of aromatic amines is 1. The van der Waals surface area contributed by atoms with Crippen LogP contribution in [-0.2, 0) is 11.3 Å².